The summed E-state index contributed by atoms with van der Waals surface area (Å²) in [4.78, 5) is 2.07. The predicted molar refractivity (Wildman–Crippen MR) is 67.9 cm³/mol. The molecule has 0 unspecified atom stereocenters. The van der Waals surface area contributed by atoms with Crippen molar-refractivity contribution < 1.29 is 5.11 Å². The molecule has 0 amide bonds. The zero-order valence-electron chi connectivity index (χ0n) is 9.51. The number of aromatic hydroxyl groups is 1. The average molecular weight is 213 g/mol. The van der Waals surface area contributed by atoms with E-state index < -0.39 is 0 Å². The van der Waals surface area contributed by atoms with Crippen LogP contribution in [0.4, 0.5) is 5.69 Å². The maximum absolute atomic E-state index is 9.21. The Bertz CT molecular complexity index is 457. The number of anilines is 1. The summed E-state index contributed by atoms with van der Waals surface area (Å²) in [6.45, 7) is 0. The molecule has 2 nitrogen and oxygen atoms in total. The lowest BCUT2D eigenvalue weighted by atomic mass is 10.1. The van der Waals surface area contributed by atoms with Crippen molar-refractivity contribution in [1.82, 2.24) is 0 Å². The molecule has 16 heavy (non-hydrogen) atoms. The van der Waals surface area contributed by atoms with Crippen LogP contribution in [0.5, 0.6) is 5.75 Å². The van der Waals surface area contributed by atoms with Gasteiger partial charge < -0.3 is 10.0 Å². The van der Waals surface area contributed by atoms with Crippen molar-refractivity contribution in [3.8, 4) is 16.9 Å². The summed E-state index contributed by atoms with van der Waals surface area (Å²) in [5, 5.41) is 9.21. The first kappa shape index (κ1) is 10.6. The van der Waals surface area contributed by atoms with Gasteiger partial charge in [-0.15, -0.1) is 0 Å². The SMILES string of the molecule is CN(C)c1ccc(-c2ccc(O)cc2)cc1. The minimum atomic E-state index is 0.300. The fourth-order valence-electron chi connectivity index (χ4n) is 1.61. The van der Waals surface area contributed by atoms with E-state index in [-0.39, 0.29) is 0 Å². The fourth-order valence-corrected chi connectivity index (χ4v) is 1.61. The molecule has 0 spiro atoms. The van der Waals surface area contributed by atoms with Crippen molar-refractivity contribution in [3.05, 3.63) is 48.5 Å². The molecule has 0 aliphatic heterocycles. The number of rotatable bonds is 2. The van der Waals surface area contributed by atoms with E-state index in [9.17, 15) is 5.11 Å². The van der Waals surface area contributed by atoms with E-state index in [0.717, 1.165) is 11.1 Å². The Labute approximate surface area is 95.8 Å². The summed E-state index contributed by atoms with van der Waals surface area (Å²) in [5.74, 6) is 0.300. The lowest BCUT2D eigenvalue weighted by Gasteiger charge is -2.12. The van der Waals surface area contributed by atoms with Gasteiger partial charge in [-0.05, 0) is 35.4 Å². The third-order valence-corrected chi connectivity index (χ3v) is 2.58. The van der Waals surface area contributed by atoms with Crippen molar-refractivity contribution in [2.24, 2.45) is 0 Å². The second kappa shape index (κ2) is 4.27. The normalized spacial score (nSPS) is 10.1. The van der Waals surface area contributed by atoms with E-state index in [1.54, 1.807) is 12.1 Å². The molecule has 0 fully saturated rings. The van der Waals surface area contributed by atoms with Gasteiger partial charge in [0, 0.05) is 19.8 Å². The van der Waals surface area contributed by atoms with Crippen LogP contribution < -0.4 is 4.90 Å². The molecular formula is C14H15NO. The molecular weight excluding hydrogens is 198 g/mol. The Hall–Kier alpha value is -1.96. The van der Waals surface area contributed by atoms with Crippen LogP contribution in [0.15, 0.2) is 48.5 Å². The maximum atomic E-state index is 9.21. The molecule has 2 heteroatoms. The Kier molecular flexibility index (Phi) is 2.82. The van der Waals surface area contributed by atoms with Crippen LogP contribution in [-0.4, -0.2) is 19.2 Å². The molecule has 0 aliphatic rings. The topological polar surface area (TPSA) is 23.5 Å². The van der Waals surface area contributed by atoms with Gasteiger partial charge in [-0.25, -0.2) is 0 Å². The summed E-state index contributed by atoms with van der Waals surface area (Å²) in [5.41, 5.74) is 3.45. The fraction of sp³-hybridized carbons (Fsp3) is 0.143. The number of nitrogens with zero attached hydrogens (tertiary/aromatic N) is 1. The highest BCUT2D eigenvalue weighted by molar-refractivity contribution is 5.66. The van der Waals surface area contributed by atoms with E-state index >= 15 is 0 Å². The minimum Gasteiger partial charge on any atom is -0.508 e. The molecule has 0 saturated carbocycles. The minimum absolute atomic E-state index is 0.300. The van der Waals surface area contributed by atoms with E-state index in [2.05, 4.69) is 29.2 Å². The van der Waals surface area contributed by atoms with Gasteiger partial charge in [0.15, 0.2) is 0 Å². The van der Waals surface area contributed by atoms with Gasteiger partial charge in [0.25, 0.3) is 0 Å². The smallest absolute Gasteiger partial charge is 0.115 e. The maximum Gasteiger partial charge on any atom is 0.115 e. The molecule has 1 N–H and O–H groups in total. The summed E-state index contributed by atoms with van der Waals surface area (Å²) >= 11 is 0. The molecule has 0 radical (unpaired) electrons. The second-order valence-electron chi connectivity index (χ2n) is 3.99. The lowest BCUT2D eigenvalue weighted by Crippen LogP contribution is -2.07. The molecule has 2 aromatic rings. The van der Waals surface area contributed by atoms with Crippen LogP contribution in [0.3, 0.4) is 0 Å². The first-order valence-electron chi connectivity index (χ1n) is 5.23. The summed E-state index contributed by atoms with van der Waals surface area (Å²) in [7, 11) is 4.05. The third-order valence-electron chi connectivity index (χ3n) is 2.58. The number of phenolic OH excluding ortho intramolecular Hbond substituents is 1. The van der Waals surface area contributed by atoms with Crippen molar-refractivity contribution in [3.63, 3.8) is 0 Å². The van der Waals surface area contributed by atoms with E-state index in [1.165, 1.54) is 5.69 Å². The second-order valence-corrected chi connectivity index (χ2v) is 3.99. The Morgan fingerprint density at radius 3 is 1.62 bits per heavy atom. The molecule has 0 aliphatic carbocycles. The molecule has 0 bridgehead atoms. The van der Waals surface area contributed by atoms with Crippen molar-refractivity contribution in [2.75, 3.05) is 19.0 Å². The van der Waals surface area contributed by atoms with Gasteiger partial charge in [-0.3, -0.25) is 0 Å². The van der Waals surface area contributed by atoms with E-state index in [4.69, 9.17) is 0 Å². The van der Waals surface area contributed by atoms with Gasteiger partial charge >= 0.3 is 0 Å². The Balaban J connectivity index is 2.31. The first-order valence-corrected chi connectivity index (χ1v) is 5.23. The van der Waals surface area contributed by atoms with Crippen molar-refractivity contribution >= 4 is 5.69 Å². The Morgan fingerprint density at radius 2 is 1.19 bits per heavy atom. The zero-order chi connectivity index (χ0) is 11.5. The molecule has 0 aromatic heterocycles. The number of benzene rings is 2. The highest BCUT2D eigenvalue weighted by Gasteiger charge is 1.99. The number of hydrogen-bond donors (Lipinski definition) is 1. The van der Waals surface area contributed by atoms with Crippen molar-refractivity contribution in [2.45, 2.75) is 0 Å². The standard InChI is InChI=1S/C14H15NO/c1-15(2)13-7-3-11(4-8-13)12-5-9-14(16)10-6-12/h3-10,16H,1-2H3. The number of hydrogen-bond acceptors (Lipinski definition) is 2. The monoisotopic (exact) mass is 213 g/mol. The summed E-state index contributed by atoms with van der Waals surface area (Å²) in [6, 6.07) is 15.6. The van der Waals surface area contributed by atoms with Gasteiger partial charge in [-0.2, -0.15) is 0 Å². The summed E-state index contributed by atoms with van der Waals surface area (Å²) in [6.07, 6.45) is 0. The van der Waals surface area contributed by atoms with Gasteiger partial charge in [-0.1, -0.05) is 24.3 Å². The lowest BCUT2D eigenvalue weighted by molar-refractivity contribution is 0.475. The van der Waals surface area contributed by atoms with Gasteiger partial charge in [0.2, 0.25) is 0 Å². The highest BCUT2D eigenvalue weighted by Crippen LogP contribution is 2.23. The summed E-state index contributed by atoms with van der Waals surface area (Å²) < 4.78 is 0. The Morgan fingerprint density at radius 1 is 0.750 bits per heavy atom. The van der Waals surface area contributed by atoms with Crippen LogP contribution >= 0.6 is 0 Å². The van der Waals surface area contributed by atoms with Gasteiger partial charge in [0.05, 0.1) is 0 Å². The molecule has 0 heterocycles. The molecule has 0 saturated heterocycles. The molecule has 2 aromatic carbocycles. The number of phenols is 1. The zero-order valence-corrected chi connectivity index (χ0v) is 9.51. The predicted octanol–water partition coefficient (Wildman–Crippen LogP) is 3.13. The highest BCUT2D eigenvalue weighted by atomic mass is 16.3. The molecule has 0 atom stereocenters. The van der Waals surface area contributed by atoms with Crippen LogP contribution in [-0.2, 0) is 0 Å². The van der Waals surface area contributed by atoms with Crippen LogP contribution in [0.25, 0.3) is 11.1 Å². The van der Waals surface area contributed by atoms with Crippen LogP contribution in [0.2, 0.25) is 0 Å². The largest absolute Gasteiger partial charge is 0.508 e. The van der Waals surface area contributed by atoms with Crippen molar-refractivity contribution in [1.29, 1.82) is 0 Å². The van der Waals surface area contributed by atoms with Gasteiger partial charge in [0.1, 0.15) is 5.75 Å². The first-order chi connectivity index (χ1) is 7.66. The van der Waals surface area contributed by atoms with E-state index in [0.29, 0.717) is 5.75 Å². The average Bonchev–Trinajstić information content (AvgIpc) is 2.30. The van der Waals surface area contributed by atoms with Crippen LogP contribution in [0.1, 0.15) is 0 Å². The van der Waals surface area contributed by atoms with Crippen LogP contribution in [0, 0.1) is 0 Å². The van der Waals surface area contributed by atoms with E-state index in [1.807, 2.05) is 26.2 Å². The molecule has 2 rings (SSSR count). The quantitative estimate of drug-likeness (QED) is 0.828. The molecule has 82 valence electrons. The third kappa shape index (κ3) is 2.16.